The lowest BCUT2D eigenvalue weighted by atomic mass is 10.4. The molecule has 0 aromatic carbocycles. The van der Waals surface area contributed by atoms with Gasteiger partial charge in [-0.1, -0.05) is 36.4 Å². The van der Waals surface area contributed by atoms with Crippen molar-refractivity contribution >= 4 is 22.6 Å². The van der Waals surface area contributed by atoms with Crippen LogP contribution in [0.15, 0.2) is 0 Å². The molecule has 0 aromatic heterocycles. The number of hydrogen-bond acceptors (Lipinski definition) is 1. The molecule has 0 bridgehead atoms. The monoisotopic (exact) mass is 227 g/mol. The molecule has 1 nitrogen and oxygen atoms in total. The molecule has 0 saturated carbocycles. The summed E-state index contributed by atoms with van der Waals surface area (Å²) >= 11 is 2.46. The van der Waals surface area contributed by atoms with E-state index in [1.54, 1.807) is 0 Å². The maximum atomic E-state index is 2.46. The van der Waals surface area contributed by atoms with Crippen molar-refractivity contribution in [1.29, 1.82) is 0 Å². The van der Waals surface area contributed by atoms with E-state index in [2.05, 4.69) is 48.4 Å². The maximum Gasteiger partial charge on any atom is 0.0613 e. The normalized spacial score (nSPS) is 14.6. The number of halogens is 1. The van der Waals surface area contributed by atoms with Crippen molar-refractivity contribution in [2.75, 3.05) is 13.6 Å². The van der Waals surface area contributed by atoms with Gasteiger partial charge >= 0.3 is 0 Å². The summed E-state index contributed by atoms with van der Waals surface area (Å²) in [6, 6.07) is 0. The lowest BCUT2D eigenvalue weighted by Gasteiger charge is -2.18. The minimum atomic E-state index is 0.720. The number of rotatable bonds is 3. The molecule has 1 atom stereocenters. The lowest BCUT2D eigenvalue weighted by Crippen LogP contribution is -2.25. The van der Waals surface area contributed by atoms with E-state index in [-0.39, 0.29) is 0 Å². The van der Waals surface area contributed by atoms with Crippen LogP contribution in [-0.2, 0) is 0 Å². The van der Waals surface area contributed by atoms with Crippen molar-refractivity contribution in [3.05, 3.63) is 0 Å². The third-order valence-corrected chi connectivity index (χ3v) is 3.15. The summed E-state index contributed by atoms with van der Waals surface area (Å²) in [5.41, 5.74) is 0. The smallest absolute Gasteiger partial charge is 0.0613 e. The predicted octanol–water partition coefficient (Wildman–Crippen LogP) is 2.11. The Morgan fingerprint density at radius 1 is 1.50 bits per heavy atom. The van der Waals surface area contributed by atoms with Gasteiger partial charge in [0, 0.05) is 0 Å². The Kier molecular flexibility index (Phi) is 4.95. The summed E-state index contributed by atoms with van der Waals surface area (Å²) in [5, 5.41) is 0. The summed E-state index contributed by atoms with van der Waals surface area (Å²) in [7, 11) is 2.15. The Morgan fingerprint density at radius 3 is 2.12 bits per heavy atom. The van der Waals surface area contributed by atoms with Gasteiger partial charge in [0.2, 0.25) is 0 Å². The molecule has 0 rings (SSSR count). The molecule has 0 saturated heterocycles. The second kappa shape index (κ2) is 4.56. The zero-order valence-electron chi connectivity index (χ0n) is 5.82. The molecule has 0 aliphatic carbocycles. The van der Waals surface area contributed by atoms with E-state index in [1.165, 1.54) is 6.42 Å². The Bertz CT molecular complexity index is 48.5. The SMILES string of the molecule is CCC(I)N(C)CC. The van der Waals surface area contributed by atoms with E-state index in [9.17, 15) is 0 Å². The van der Waals surface area contributed by atoms with Crippen molar-refractivity contribution in [3.63, 3.8) is 0 Å². The largest absolute Gasteiger partial charge is 0.295 e. The molecule has 0 aromatic rings. The van der Waals surface area contributed by atoms with Crippen LogP contribution < -0.4 is 0 Å². The van der Waals surface area contributed by atoms with E-state index in [0.717, 1.165) is 10.6 Å². The molecule has 0 aliphatic heterocycles. The summed E-state index contributed by atoms with van der Waals surface area (Å²) in [4.78, 5) is 2.33. The standard InChI is InChI=1S/C6H14IN/c1-4-6(7)8(3)5-2/h6H,4-5H2,1-3H3. The van der Waals surface area contributed by atoms with E-state index in [1.807, 2.05) is 0 Å². The molecule has 0 fully saturated rings. The molecule has 1 unspecified atom stereocenters. The van der Waals surface area contributed by atoms with Crippen molar-refractivity contribution in [2.45, 2.75) is 24.3 Å². The van der Waals surface area contributed by atoms with Gasteiger partial charge < -0.3 is 0 Å². The van der Waals surface area contributed by atoms with Crippen LogP contribution in [0.3, 0.4) is 0 Å². The second-order valence-electron chi connectivity index (χ2n) is 1.92. The van der Waals surface area contributed by atoms with Gasteiger partial charge in [0.05, 0.1) is 4.05 Å². The van der Waals surface area contributed by atoms with Crippen LogP contribution in [0.2, 0.25) is 0 Å². The van der Waals surface area contributed by atoms with Crippen LogP contribution in [-0.4, -0.2) is 22.5 Å². The molecule has 50 valence electrons. The van der Waals surface area contributed by atoms with Crippen LogP contribution >= 0.6 is 22.6 Å². The van der Waals surface area contributed by atoms with Crippen LogP contribution in [0.5, 0.6) is 0 Å². The summed E-state index contributed by atoms with van der Waals surface area (Å²) in [6.07, 6.45) is 1.24. The number of alkyl halides is 1. The summed E-state index contributed by atoms with van der Waals surface area (Å²) in [6.45, 7) is 5.55. The first kappa shape index (κ1) is 8.69. The Morgan fingerprint density at radius 2 is 2.00 bits per heavy atom. The Hall–Kier alpha value is 0.690. The molecular weight excluding hydrogens is 213 g/mol. The zero-order chi connectivity index (χ0) is 6.57. The minimum absolute atomic E-state index is 0.720. The fourth-order valence-corrected chi connectivity index (χ4v) is 0.904. The van der Waals surface area contributed by atoms with Gasteiger partial charge in [0.15, 0.2) is 0 Å². The highest BCUT2D eigenvalue weighted by Crippen LogP contribution is 2.08. The molecule has 0 N–H and O–H groups in total. The van der Waals surface area contributed by atoms with Crippen molar-refractivity contribution in [3.8, 4) is 0 Å². The van der Waals surface area contributed by atoms with Gasteiger partial charge in [0.1, 0.15) is 0 Å². The van der Waals surface area contributed by atoms with Crippen molar-refractivity contribution in [2.24, 2.45) is 0 Å². The van der Waals surface area contributed by atoms with Gasteiger partial charge in [-0.15, -0.1) is 0 Å². The van der Waals surface area contributed by atoms with Gasteiger partial charge in [-0.3, -0.25) is 4.90 Å². The van der Waals surface area contributed by atoms with Crippen LogP contribution in [0.4, 0.5) is 0 Å². The molecule has 0 amide bonds. The van der Waals surface area contributed by atoms with Crippen LogP contribution in [0.1, 0.15) is 20.3 Å². The third-order valence-electron chi connectivity index (χ3n) is 1.31. The molecule has 2 heteroatoms. The predicted molar refractivity (Wildman–Crippen MR) is 46.4 cm³/mol. The van der Waals surface area contributed by atoms with Crippen LogP contribution in [0.25, 0.3) is 0 Å². The summed E-state index contributed by atoms with van der Waals surface area (Å²) < 4.78 is 0.720. The Labute approximate surface area is 65.6 Å². The maximum absolute atomic E-state index is 2.46. The second-order valence-corrected chi connectivity index (χ2v) is 3.35. The van der Waals surface area contributed by atoms with E-state index >= 15 is 0 Å². The molecular formula is C6H14IN. The van der Waals surface area contributed by atoms with Gasteiger partial charge in [-0.2, -0.15) is 0 Å². The van der Waals surface area contributed by atoms with E-state index in [4.69, 9.17) is 0 Å². The summed E-state index contributed by atoms with van der Waals surface area (Å²) in [5.74, 6) is 0. The topological polar surface area (TPSA) is 3.24 Å². The van der Waals surface area contributed by atoms with Crippen LogP contribution in [0, 0.1) is 0 Å². The number of nitrogens with zero attached hydrogens (tertiary/aromatic N) is 1. The van der Waals surface area contributed by atoms with Crippen molar-refractivity contribution in [1.82, 2.24) is 4.90 Å². The molecule has 0 aliphatic rings. The first-order chi connectivity index (χ1) is 3.72. The van der Waals surface area contributed by atoms with Gasteiger partial charge in [-0.25, -0.2) is 0 Å². The number of hydrogen-bond donors (Lipinski definition) is 0. The van der Waals surface area contributed by atoms with E-state index in [0.29, 0.717) is 0 Å². The van der Waals surface area contributed by atoms with Gasteiger partial charge in [0.25, 0.3) is 0 Å². The fourth-order valence-electron chi connectivity index (χ4n) is 0.510. The first-order valence-electron chi connectivity index (χ1n) is 3.06. The first-order valence-corrected chi connectivity index (χ1v) is 4.31. The quantitative estimate of drug-likeness (QED) is 0.405. The molecule has 8 heavy (non-hydrogen) atoms. The molecule has 0 radical (unpaired) electrons. The lowest BCUT2D eigenvalue weighted by molar-refractivity contribution is 0.338. The third kappa shape index (κ3) is 2.87. The zero-order valence-corrected chi connectivity index (χ0v) is 7.97. The highest BCUT2D eigenvalue weighted by Gasteiger charge is 2.03. The highest BCUT2D eigenvalue weighted by atomic mass is 127. The fraction of sp³-hybridized carbons (Fsp3) is 1.00. The molecule has 0 spiro atoms. The Balaban J connectivity index is 3.29. The average Bonchev–Trinajstić information content (AvgIpc) is 1.84. The average molecular weight is 227 g/mol. The van der Waals surface area contributed by atoms with E-state index < -0.39 is 0 Å². The highest BCUT2D eigenvalue weighted by molar-refractivity contribution is 14.1. The molecule has 0 heterocycles. The minimum Gasteiger partial charge on any atom is -0.295 e. The van der Waals surface area contributed by atoms with Gasteiger partial charge in [-0.05, 0) is 20.0 Å². The van der Waals surface area contributed by atoms with Crippen molar-refractivity contribution < 1.29 is 0 Å².